The summed E-state index contributed by atoms with van der Waals surface area (Å²) in [6.45, 7) is 4.42. The molecule has 2 aromatic heterocycles. The van der Waals surface area contributed by atoms with Crippen LogP contribution in [0.2, 0.25) is 0 Å². The van der Waals surface area contributed by atoms with Gasteiger partial charge in [-0.3, -0.25) is 0 Å². The van der Waals surface area contributed by atoms with E-state index < -0.39 is 0 Å². The zero-order chi connectivity index (χ0) is 18.3. The maximum Gasteiger partial charge on any atom is 0.146 e. The Hall–Kier alpha value is -2.40. The van der Waals surface area contributed by atoms with Gasteiger partial charge in [0, 0.05) is 23.8 Å². The van der Waals surface area contributed by atoms with Crippen molar-refractivity contribution in [1.29, 1.82) is 0 Å². The van der Waals surface area contributed by atoms with Crippen molar-refractivity contribution in [2.75, 3.05) is 5.73 Å². The lowest BCUT2D eigenvalue weighted by Crippen LogP contribution is -2.27. The van der Waals surface area contributed by atoms with Gasteiger partial charge in [0.25, 0.3) is 0 Å². The molecule has 0 atom stereocenters. The third-order valence-corrected chi connectivity index (χ3v) is 5.66. The van der Waals surface area contributed by atoms with E-state index in [1.807, 2.05) is 0 Å². The van der Waals surface area contributed by atoms with Crippen molar-refractivity contribution in [2.24, 2.45) is 5.73 Å². The number of nitrogen functional groups attached to an aromatic ring is 1. The first-order valence-electron chi connectivity index (χ1n) is 9.51. The van der Waals surface area contributed by atoms with Crippen molar-refractivity contribution < 1.29 is 0 Å². The van der Waals surface area contributed by atoms with Crippen LogP contribution in [-0.4, -0.2) is 20.6 Å². The third-order valence-electron chi connectivity index (χ3n) is 5.66. The Bertz CT molecular complexity index is 902. The van der Waals surface area contributed by atoms with Gasteiger partial charge in [-0.15, -0.1) is 0 Å². The van der Waals surface area contributed by atoms with Crippen molar-refractivity contribution in [3.05, 3.63) is 42.4 Å². The lowest BCUT2D eigenvalue weighted by molar-refractivity contribution is 0.329. The Kier molecular flexibility index (Phi) is 4.41. The standard InChI is InChI=1S/C21H27N5/c1-13(2)14-3-5-15(6-4-14)18-11-26(17-9-7-16(22)8-10-17)21-19(18)20(23)24-12-25-21/h3-6,11-13,16-17H,7-10,22H2,1-2H3,(H2,23,24,25). The van der Waals surface area contributed by atoms with E-state index in [-0.39, 0.29) is 0 Å². The number of anilines is 1. The summed E-state index contributed by atoms with van der Waals surface area (Å²) < 4.78 is 2.30. The van der Waals surface area contributed by atoms with E-state index in [1.165, 1.54) is 5.56 Å². The number of nitrogens with two attached hydrogens (primary N) is 2. The summed E-state index contributed by atoms with van der Waals surface area (Å²) in [4.78, 5) is 8.81. The van der Waals surface area contributed by atoms with Crippen molar-refractivity contribution in [3.8, 4) is 11.1 Å². The van der Waals surface area contributed by atoms with Crippen LogP contribution in [0, 0.1) is 0 Å². The normalized spacial score (nSPS) is 20.8. The summed E-state index contributed by atoms with van der Waals surface area (Å²) >= 11 is 0. The quantitative estimate of drug-likeness (QED) is 0.740. The van der Waals surface area contributed by atoms with Gasteiger partial charge in [-0.1, -0.05) is 38.1 Å². The van der Waals surface area contributed by atoms with Crippen LogP contribution in [0.3, 0.4) is 0 Å². The molecule has 0 radical (unpaired) electrons. The maximum absolute atomic E-state index is 6.25. The summed E-state index contributed by atoms with van der Waals surface area (Å²) in [6, 6.07) is 9.51. The molecule has 1 aromatic carbocycles. The van der Waals surface area contributed by atoms with Gasteiger partial charge in [-0.05, 0) is 42.7 Å². The molecule has 1 fully saturated rings. The number of benzene rings is 1. The molecule has 2 heterocycles. The van der Waals surface area contributed by atoms with Gasteiger partial charge in [0.1, 0.15) is 17.8 Å². The number of hydrogen-bond acceptors (Lipinski definition) is 4. The number of aromatic nitrogens is 3. The molecule has 5 heteroatoms. The Labute approximate surface area is 154 Å². The van der Waals surface area contributed by atoms with Gasteiger partial charge in [0.05, 0.1) is 5.39 Å². The van der Waals surface area contributed by atoms with Crippen molar-refractivity contribution >= 4 is 16.9 Å². The Morgan fingerprint density at radius 1 is 1.04 bits per heavy atom. The third kappa shape index (κ3) is 2.97. The largest absolute Gasteiger partial charge is 0.383 e. The molecule has 0 unspecified atom stereocenters. The fourth-order valence-electron chi connectivity index (χ4n) is 4.03. The average molecular weight is 349 g/mol. The summed E-state index contributed by atoms with van der Waals surface area (Å²) in [5, 5.41) is 0.958. The number of nitrogens with zero attached hydrogens (tertiary/aromatic N) is 3. The first-order chi connectivity index (χ1) is 12.5. The van der Waals surface area contributed by atoms with Crippen molar-refractivity contribution in [3.63, 3.8) is 0 Å². The predicted octanol–water partition coefficient (Wildman–Crippen LogP) is 4.25. The molecule has 26 heavy (non-hydrogen) atoms. The van der Waals surface area contributed by atoms with Gasteiger partial charge in [-0.2, -0.15) is 0 Å². The van der Waals surface area contributed by atoms with Gasteiger partial charge < -0.3 is 16.0 Å². The number of fused-ring (bicyclic) bond motifs is 1. The van der Waals surface area contributed by atoms with E-state index in [4.69, 9.17) is 11.5 Å². The predicted molar refractivity (Wildman–Crippen MR) is 107 cm³/mol. The average Bonchev–Trinajstić information content (AvgIpc) is 3.03. The summed E-state index contributed by atoms with van der Waals surface area (Å²) in [5.74, 6) is 1.06. The molecule has 0 spiro atoms. The second-order valence-electron chi connectivity index (χ2n) is 7.75. The van der Waals surface area contributed by atoms with Crippen LogP contribution in [0.1, 0.15) is 57.1 Å². The maximum atomic E-state index is 6.25. The highest BCUT2D eigenvalue weighted by Crippen LogP contribution is 2.38. The monoisotopic (exact) mass is 349 g/mol. The molecule has 3 aromatic rings. The molecule has 0 aliphatic heterocycles. The van der Waals surface area contributed by atoms with Gasteiger partial charge in [-0.25, -0.2) is 9.97 Å². The van der Waals surface area contributed by atoms with Gasteiger partial charge >= 0.3 is 0 Å². The molecular weight excluding hydrogens is 322 g/mol. The second kappa shape index (κ2) is 6.72. The van der Waals surface area contributed by atoms with Crippen LogP contribution < -0.4 is 11.5 Å². The Balaban J connectivity index is 1.82. The molecule has 4 N–H and O–H groups in total. The van der Waals surface area contributed by atoms with Crippen LogP contribution in [0.5, 0.6) is 0 Å². The van der Waals surface area contributed by atoms with Crippen LogP contribution in [0.25, 0.3) is 22.2 Å². The molecular formula is C21H27N5. The van der Waals surface area contributed by atoms with Crippen LogP contribution in [-0.2, 0) is 0 Å². The minimum Gasteiger partial charge on any atom is -0.383 e. The minimum atomic E-state index is 0.329. The van der Waals surface area contributed by atoms with Crippen LogP contribution >= 0.6 is 0 Å². The zero-order valence-electron chi connectivity index (χ0n) is 15.5. The van der Waals surface area contributed by atoms with Gasteiger partial charge in [0.15, 0.2) is 0 Å². The van der Waals surface area contributed by atoms with E-state index in [9.17, 15) is 0 Å². The fourth-order valence-corrected chi connectivity index (χ4v) is 4.03. The molecule has 136 valence electrons. The molecule has 0 amide bonds. The SMILES string of the molecule is CC(C)c1ccc(-c2cn(C3CCC(N)CC3)c3ncnc(N)c23)cc1. The summed E-state index contributed by atoms with van der Waals surface area (Å²) in [7, 11) is 0. The highest BCUT2D eigenvalue weighted by molar-refractivity contribution is 6.00. The molecule has 1 aliphatic carbocycles. The lowest BCUT2D eigenvalue weighted by atomic mass is 9.92. The highest BCUT2D eigenvalue weighted by Gasteiger charge is 2.24. The number of rotatable bonds is 3. The van der Waals surface area contributed by atoms with Crippen LogP contribution in [0.4, 0.5) is 5.82 Å². The van der Waals surface area contributed by atoms with Gasteiger partial charge in [0.2, 0.25) is 0 Å². The fraction of sp³-hybridized carbons (Fsp3) is 0.429. The van der Waals surface area contributed by atoms with E-state index in [2.05, 4.69) is 58.8 Å². The zero-order valence-corrected chi connectivity index (χ0v) is 15.5. The molecule has 4 rings (SSSR count). The lowest BCUT2D eigenvalue weighted by Gasteiger charge is -2.27. The first kappa shape index (κ1) is 17.0. The van der Waals surface area contributed by atoms with E-state index in [0.717, 1.165) is 47.8 Å². The van der Waals surface area contributed by atoms with E-state index in [0.29, 0.717) is 23.8 Å². The summed E-state index contributed by atoms with van der Waals surface area (Å²) in [5.41, 5.74) is 16.9. The van der Waals surface area contributed by atoms with Crippen LogP contribution in [0.15, 0.2) is 36.8 Å². The summed E-state index contributed by atoms with van der Waals surface area (Å²) in [6.07, 6.45) is 8.06. The highest BCUT2D eigenvalue weighted by atomic mass is 15.1. The van der Waals surface area contributed by atoms with E-state index >= 15 is 0 Å². The number of hydrogen-bond donors (Lipinski definition) is 2. The Morgan fingerprint density at radius 2 is 1.73 bits per heavy atom. The first-order valence-corrected chi connectivity index (χ1v) is 9.51. The second-order valence-corrected chi connectivity index (χ2v) is 7.75. The Morgan fingerprint density at radius 3 is 2.38 bits per heavy atom. The molecule has 1 saturated carbocycles. The minimum absolute atomic E-state index is 0.329. The topological polar surface area (TPSA) is 82.8 Å². The van der Waals surface area contributed by atoms with Crippen molar-refractivity contribution in [1.82, 2.24) is 14.5 Å². The molecule has 0 saturated heterocycles. The van der Waals surface area contributed by atoms with Crippen molar-refractivity contribution in [2.45, 2.75) is 57.5 Å². The smallest absolute Gasteiger partial charge is 0.146 e. The molecule has 5 nitrogen and oxygen atoms in total. The molecule has 0 bridgehead atoms. The molecule has 1 aliphatic rings. The van der Waals surface area contributed by atoms with E-state index in [1.54, 1.807) is 6.33 Å².